The van der Waals surface area contributed by atoms with E-state index >= 15 is 0 Å². The van der Waals surface area contributed by atoms with Crippen LogP contribution in [-0.4, -0.2) is 63.0 Å². The molecule has 0 saturated carbocycles. The van der Waals surface area contributed by atoms with Crippen LogP contribution in [0.3, 0.4) is 0 Å². The third-order valence-electron chi connectivity index (χ3n) is 1.95. The molecule has 0 aliphatic rings. The molecule has 0 fully saturated rings. The molecule has 0 aliphatic heterocycles. The van der Waals surface area contributed by atoms with Crippen molar-refractivity contribution in [3.05, 3.63) is 24.5 Å². The molecule has 16 heavy (non-hydrogen) atoms. The number of quaternary nitrogens is 1. The van der Waals surface area contributed by atoms with Crippen LogP contribution in [0.15, 0.2) is 24.5 Å². The maximum atomic E-state index is 8.39. The van der Waals surface area contributed by atoms with Gasteiger partial charge < -0.3 is 14.5 Å². The second-order valence-corrected chi connectivity index (χ2v) is 4.84. The molecule has 92 valence electrons. The summed E-state index contributed by atoms with van der Waals surface area (Å²) in [6.07, 6.45) is 3.57. The molecule has 0 bridgehead atoms. The molecule has 0 aromatic carbocycles. The van der Waals surface area contributed by atoms with E-state index in [1.807, 2.05) is 31.1 Å². The van der Waals surface area contributed by atoms with Crippen molar-refractivity contribution in [2.24, 2.45) is 0 Å². The lowest BCUT2D eigenvalue weighted by Crippen LogP contribution is -2.36. The lowest BCUT2D eigenvalue weighted by Gasteiger charge is -2.21. The van der Waals surface area contributed by atoms with Crippen molar-refractivity contribution in [1.82, 2.24) is 4.98 Å². The van der Waals surface area contributed by atoms with Gasteiger partial charge in [-0.25, -0.2) is 0 Å². The molecule has 4 nitrogen and oxygen atoms in total. The minimum absolute atomic E-state index is 0.281. The zero-order valence-corrected chi connectivity index (χ0v) is 11.0. The van der Waals surface area contributed by atoms with Crippen LogP contribution in [0.1, 0.15) is 0 Å². The van der Waals surface area contributed by atoms with E-state index in [9.17, 15) is 0 Å². The van der Waals surface area contributed by atoms with E-state index in [0.29, 0.717) is 0 Å². The Morgan fingerprint density at radius 2 is 1.69 bits per heavy atom. The predicted molar refractivity (Wildman–Crippen MR) is 68.5 cm³/mol. The minimum Gasteiger partial charge on any atom is -0.391 e. The second-order valence-electron chi connectivity index (χ2n) is 4.84. The molecule has 0 atom stereocenters. The van der Waals surface area contributed by atoms with Gasteiger partial charge in [0.1, 0.15) is 6.54 Å². The van der Waals surface area contributed by atoms with Crippen LogP contribution in [0, 0.1) is 0 Å². The molecule has 0 saturated heterocycles. The summed E-state index contributed by atoms with van der Waals surface area (Å²) in [5.41, 5.74) is 1.19. The molecular formula is C12H24N3O+. The number of anilines is 1. The molecule has 0 spiro atoms. The molecule has 1 heterocycles. The molecule has 1 rings (SSSR count). The number of nitrogens with zero attached hydrogens (tertiary/aromatic N) is 3. The van der Waals surface area contributed by atoms with Gasteiger partial charge in [-0.3, -0.25) is 4.98 Å². The van der Waals surface area contributed by atoms with E-state index in [2.05, 4.69) is 26.1 Å². The van der Waals surface area contributed by atoms with E-state index in [1.54, 1.807) is 12.4 Å². The quantitative estimate of drug-likeness (QED) is 0.776. The molecule has 0 radical (unpaired) electrons. The second kappa shape index (κ2) is 7.19. The van der Waals surface area contributed by atoms with Crippen molar-refractivity contribution in [3.8, 4) is 0 Å². The van der Waals surface area contributed by atoms with Crippen LogP contribution in [0.4, 0.5) is 5.69 Å². The van der Waals surface area contributed by atoms with Crippen molar-refractivity contribution in [3.63, 3.8) is 0 Å². The van der Waals surface area contributed by atoms with Gasteiger partial charge in [0.25, 0.3) is 0 Å². The number of aromatic nitrogens is 1. The summed E-state index contributed by atoms with van der Waals surface area (Å²) in [5, 5.41) is 8.39. The summed E-state index contributed by atoms with van der Waals surface area (Å²) in [4.78, 5) is 5.94. The zero-order valence-electron chi connectivity index (χ0n) is 11.0. The highest BCUT2D eigenvalue weighted by atomic mass is 16.3. The first-order valence-corrected chi connectivity index (χ1v) is 5.35. The number of likely N-dealkylation sites (N-methyl/N-ethyl adjacent to an activating group) is 1. The van der Waals surface area contributed by atoms with Crippen LogP contribution in [-0.2, 0) is 0 Å². The Bertz CT molecular complexity index is 267. The Hall–Kier alpha value is -1.13. The molecule has 1 aromatic rings. The van der Waals surface area contributed by atoms with E-state index < -0.39 is 0 Å². The van der Waals surface area contributed by atoms with Gasteiger partial charge in [0.2, 0.25) is 0 Å². The average Bonchev–Trinajstić information content (AvgIpc) is 2.18. The fourth-order valence-electron chi connectivity index (χ4n) is 0.942. The fraction of sp³-hybridized carbons (Fsp3) is 0.583. The van der Waals surface area contributed by atoms with Gasteiger partial charge in [0, 0.05) is 32.2 Å². The maximum absolute atomic E-state index is 8.39. The van der Waals surface area contributed by atoms with Crippen molar-refractivity contribution in [1.29, 1.82) is 0 Å². The van der Waals surface area contributed by atoms with Crippen molar-refractivity contribution >= 4 is 5.69 Å². The van der Waals surface area contributed by atoms with Crippen LogP contribution in [0.2, 0.25) is 0 Å². The summed E-state index contributed by atoms with van der Waals surface area (Å²) in [5.74, 6) is 0. The summed E-state index contributed by atoms with van der Waals surface area (Å²) < 4.78 is 0.844. The highest BCUT2D eigenvalue weighted by Crippen LogP contribution is 2.05. The SMILES string of the molecule is CN(C)c1ccncc1.C[N+](C)(C)CCO. The third kappa shape index (κ3) is 8.20. The van der Waals surface area contributed by atoms with E-state index in [1.165, 1.54) is 5.69 Å². The predicted octanol–water partition coefficient (Wildman–Crippen LogP) is 0.832. The first-order valence-electron chi connectivity index (χ1n) is 5.35. The molecule has 4 heteroatoms. The Kier molecular flexibility index (Phi) is 6.69. The number of rotatable bonds is 3. The summed E-state index contributed by atoms with van der Waals surface area (Å²) in [7, 11) is 10.2. The number of pyridine rings is 1. The molecule has 0 amide bonds. The van der Waals surface area contributed by atoms with Gasteiger partial charge in [-0.2, -0.15) is 0 Å². The zero-order chi connectivity index (χ0) is 12.6. The Morgan fingerprint density at radius 1 is 1.19 bits per heavy atom. The Balaban J connectivity index is 0.000000293. The number of hydrogen-bond donors (Lipinski definition) is 1. The van der Waals surface area contributed by atoms with Gasteiger partial charge in [-0.05, 0) is 12.1 Å². The standard InChI is InChI=1S/C7H10N2.C5H14NO/c1-9(2)7-3-5-8-6-4-7;1-6(2,3)4-5-7/h3-6H,1-2H3;7H,4-5H2,1-3H3/q;+1. The molecule has 0 unspecified atom stereocenters. The topological polar surface area (TPSA) is 36.4 Å². The molecule has 0 aliphatic carbocycles. The van der Waals surface area contributed by atoms with Gasteiger partial charge in [-0.1, -0.05) is 0 Å². The first-order chi connectivity index (χ1) is 7.37. The minimum atomic E-state index is 0.281. The summed E-state index contributed by atoms with van der Waals surface area (Å²) >= 11 is 0. The van der Waals surface area contributed by atoms with Gasteiger partial charge >= 0.3 is 0 Å². The summed E-state index contributed by atoms with van der Waals surface area (Å²) in [6.45, 7) is 1.11. The average molecular weight is 226 g/mol. The normalized spacial score (nSPS) is 10.4. The van der Waals surface area contributed by atoms with Crippen molar-refractivity contribution < 1.29 is 9.59 Å². The van der Waals surface area contributed by atoms with Crippen LogP contribution < -0.4 is 4.90 Å². The summed E-state index contributed by atoms with van der Waals surface area (Å²) in [6, 6.07) is 3.94. The monoisotopic (exact) mass is 226 g/mol. The van der Waals surface area contributed by atoms with E-state index in [4.69, 9.17) is 5.11 Å². The van der Waals surface area contributed by atoms with Gasteiger partial charge in [0.05, 0.1) is 27.7 Å². The fourth-order valence-corrected chi connectivity index (χ4v) is 0.942. The smallest absolute Gasteiger partial charge is 0.101 e. The lowest BCUT2D eigenvalue weighted by molar-refractivity contribution is -0.870. The lowest BCUT2D eigenvalue weighted by atomic mass is 10.4. The highest BCUT2D eigenvalue weighted by Gasteiger charge is 2.02. The Morgan fingerprint density at radius 3 is 1.88 bits per heavy atom. The van der Waals surface area contributed by atoms with Gasteiger partial charge in [-0.15, -0.1) is 0 Å². The van der Waals surface area contributed by atoms with Crippen LogP contribution >= 0.6 is 0 Å². The van der Waals surface area contributed by atoms with Crippen molar-refractivity contribution in [2.75, 3.05) is 53.3 Å². The van der Waals surface area contributed by atoms with E-state index in [0.717, 1.165) is 11.0 Å². The number of hydrogen-bond acceptors (Lipinski definition) is 3. The van der Waals surface area contributed by atoms with E-state index in [-0.39, 0.29) is 6.61 Å². The first kappa shape index (κ1) is 14.9. The van der Waals surface area contributed by atoms with Crippen molar-refractivity contribution in [2.45, 2.75) is 0 Å². The van der Waals surface area contributed by atoms with Gasteiger partial charge in [0.15, 0.2) is 0 Å². The molecule has 1 N–H and O–H groups in total. The number of aliphatic hydroxyl groups excluding tert-OH is 1. The number of aliphatic hydroxyl groups is 1. The largest absolute Gasteiger partial charge is 0.391 e. The Labute approximate surface area is 98.7 Å². The van der Waals surface area contributed by atoms with Crippen LogP contribution in [0.25, 0.3) is 0 Å². The maximum Gasteiger partial charge on any atom is 0.101 e. The van der Waals surface area contributed by atoms with Crippen LogP contribution in [0.5, 0.6) is 0 Å². The molecular weight excluding hydrogens is 202 g/mol. The highest BCUT2D eigenvalue weighted by molar-refractivity contribution is 5.42. The molecule has 1 aromatic heterocycles. The third-order valence-corrected chi connectivity index (χ3v) is 1.95.